The van der Waals surface area contributed by atoms with Gasteiger partial charge in [-0.15, -0.1) is 0 Å². The van der Waals surface area contributed by atoms with Crippen LogP contribution in [0.25, 0.3) is 0 Å². The molecule has 0 amide bonds. The number of para-hydroxylation sites is 1. The summed E-state index contributed by atoms with van der Waals surface area (Å²) in [5.41, 5.74) is 2.18. The molecular formula is C24H27Cl2NO. The van der Waals surface area contributed by atoms with Crippen LogP contribution in [0.4, 0.5) is 0 Å². The van der Waals surface area contributed by atoms with Gasteiger partial charge in [0.15, 0.2) is 0 Å². The third-order valence-corrected chi connectivity index (χ3v) is 7.71. The fraction of sp³-hybridized carbons (Fsp3) is 0.500. The Bertz CT molecular complexity index is 824. The second-order valence-corrected chi connectivity index (χ2v) is 9.81. The van der Waals surface area contributed by atoms with Crippen LogP contribution >= 0.6 is 23.2 Å². The zero-order chi connectivity index (χ0) is 19.1. The molecule has 0 aromatic heterocycles. The predicted octanol–water partition coefficient (Wildman–Crippen LogP) is 6.49. The molecule has 4 aliphatic rings. The van der Waals surface area contributed by atoms with Crippen molar-refractivity contribution in [1.82, 2.24) is 5.32 Å². The molecule has 148 valence electrons. The van der Waals surface area contributed by atoms with Gasteiger partial charge in [0.2, 0.25) is 0 Å². The van der Waals surface area contributed by atoms with Crippen LogP contribution in [0.5, 0.6) is 5.75 Å². The normalized spacial score (nSPS) is 30.6. The first kappa shape index (κ1) is 18.8. The second-order valence-electron chi connectivity index (χ2n) is 8.97. The van der Waals surface area contributed by atoms with Crippen LogP contribution in [0, 0.1) is 23.7 Å². The highest BCUT2D eigenvalue weighted by Crippen LogP contribution is 2.53. The van der Waals surface area contributed by atoms with Crippen LogP contribution in [0.15, 0.2) is 42.5 Å². The molecule has 28 heavy (non-hydrogen) atoms. The van der Waals surface area contributed by atoms with Crippen molar-refractivity contribution in [2.75, 3.05) is 0 Å². The molecule has 6 rings (SSSR count). The summed E-state index contributed by atoms with van der Waals surface area (Å²) in [6.07, 6.45) is 7.27. The summed E-state index contributed by atoms with van der Waals surface area (Å²) in [7, 11) is 0. The number of halogens is 2. The molecule has 4 bridgehead atoms. The molecule has 0 spiro atoms. The second kappa shape index (κ2) is 7.89. The van der Waals surface area contributed by atoms with E-state index in [1.807, 2.05) is 18.2 Å². The van der Waals surface area contributed by atoms with Crippen molar-refractivity contribution in [3.05, 3.63) is 63.6 Å². The van der Waals surface area contributed by atoms with Gasteiger partial charge in [0.1, 0.15) is 12.4 Å². The van der Waals surface area contributed by atoms with Gasteiger partial charge in [-0.1, -0.05) is 47.5 Å². The number of nitrogens with one attached hydrogen (secondary N) is 1. The number of hydrogen-bond acceptors (Lipinski definition) is 2. The van der Waals surface area contributed by atoms with Gasteiger partial charge in [-0.2, -0.15) is 0 Å². The van der Waals surface area contributed by atoms with Gasteiger partial charge >= 0.3 is 0 Å². The minimum Gasteiger partial charge on any atom is -0.489 e. The topological polar surface area (TPSA) is 21.3 Å². The predicted molar refractivity (Wildman–Crippen MR) is 115 cm³/mol. The molecule has 0 aliphatic heterocycles. The molecule has 4 aliphatic carbocycles. The Labute approximate surface area is 177 Å². The SMILES string of the molecule is Clc1ccc(COc2ccccc2CNC2C3CC4CC(C3)CC2C4)c(Cl)c1. The zero-order valence-electron chi connectivity index (χ0n) is 16.0. The van der Waals surface area contributed by atoms with Gasteiger partial charge in [-0.3, -0.25) is 0 Å². The van der Waals surface area contributed by atoms with E-state index in [1.54, 1.807) is 6.07 Å². The third-order valence-electron chi connectivity index (χ3n) is 7.13. The molecule has 2 aromatic rings. The fourth-order valence-corrected chi connectivity index (χ4v) is 6.53. The molecular weight excluding hydrogens is 389 g/mol. The van der Waals surface area contributed by atoms with E-state index in [-0.39, 0.29) is 0 Å². The number of ether oxygens (including phenoxy) is 1. The summed E-state index contributed by atoms with van der Waals surface area (Å²) < 4.78 is 6.13. The summed E-state index contributed by atoms with van der Waals surface area (Å²) in [6.45, 7) is 1.32. The van der Waals surface area contributed by atoms with Crippen molar-refractivity contribution in [3.8, 4) is 5.75 Å². The first-order chi connectivity index (χ1) is 13.7. The molecule has 0 heterocycles. The van der Waals surface area contributed by atoms with E-state index in [2.05, 4.69) is 23.5 Å². The monoisotopic (exact) mass is 415 g/mol. The van der Waals surface area contributed by atoms with Crippen molar-refractivity contribution >= 4 is 23.2 Å². The van der Waals surface area contributed by atoms with Crippen molar-refractivity contribution in [1.29, 1.82) is 0 Å². The van der Waals surface area contributed by atoms with Crippen LogP contribution in [0.1, 0.15) is 43.2 Å². The summed E-state index contributed by atoms with van der Waals surface area (Å²) in [4.78, 5) is 0. The lowest BCUT2D eigenvalue weighted by molar-refractivity contribution is -0.0143. The van der Waals surface area contributed by atoms with Gasteiger partial charge < -0.3 is 10.1 Å². The smallest absolute Gasteiger partial charge is 0.124 e. The van der Waals surface area contributed by atoms with E-state index in [9.17, 15) is 0 Å². The van der Waals surface area contributed by atoms with Crippen LogP contribution < -0.4 is 10.1 Å². The lowest BCUT2D eigenvalue weighted by Crippen LogP contribution is -2.54. The minimum atomic E-state index is 0.449. The van der Waals surface area contributed by atoms with E-state index < -0.39 is 0 Å². The van der Waals surface area contributed by atoms with Crippen molar-refractivity contribution in [2.24, 2.45) is 23.7 Å². The molecule has 0 unspecified atom stereocenters. The maximum atomic E-state index is 6.29. The average Bonchev–Trinajstić information content (AvgIpc) is 2.67. The molecule has 2 nitrogen and oxygen atoms in total. The number of hydrogen-bond donors (Lipinski definition) is 1. The van der Waals surface area contributed by atoms with E-state index >= 15 is 0 Å². The molecule has 0 saturated heterocycles. The third kappa shape index (κ3) is 3.79. The molecule has 0 radical (unpaired) electrons. The lowest BCUT2D eigenvalue weighted by atomic mass is 9.54. The number of benzene rings is 2. The summed E-state index contributed by atoms with van der Waals surface area (Å²) in [5, 5.41) is 5.21. The quantitative estimate of drug-likeness (QED) is 0.581. The Morgan fingerprint density at radius 3 is 2.29 bits per heavy atom. The summed E-state index contributed by atoms with van der Waals surface area (Å²) >= 11 is 12.3. The van der Waals surface area contributed by atoms with E-state index in [1.165, 1.54) is 37.7 Å². The van der Waals surface area contributed by atoms with Crippen LogP contribution in [0.2, 0.25) is 10.0 Å². The molecule has 4 saturated carbocycles. The molecule has 4 heteroatoms. The van der Waals surface area contributed by atoms with E-state index in [0.29, 0.717) is 22.7 Å². The van der Waals surface area contributed by atoms with Crippen LogP contribution in [0.3, 0.4) is 0 Å². The Kier molecular flexibility index (Phi) is 5.30. The highest BCUT2D eigenvalue weighted by Gasteiger charge is 2.47. The van der Waals surface area contributed by atoms with Gasteiger partial charge in [0.25, 0.3) is 0 Å². The minimum absolute atomic E-state index is 0.449. The number of rotatable bonds is 6. The summed E-state index contributed by atoms with van der Waals surface area (Å²) in [5.74, 6) is 4.74. The van der Waals surface area contributed by atoms with Crippen molar-refractivity contribution in [3.63, 3.8) is 0 Å². The van der Waals surface area contributed by atoms with Gasteiger partial charge in [0, 0.05) is 33.8 Å². The standard InChI is InChI=1S/C24H27Cl2NO/c25-21-6-5-18(22(26)12-21)14-28-23-4-2-1-3-17(23)13-27-24-19-8-15-7-16(10-19)11-20(24)9-15/h1-6,12,15-16,19-20,24,27H,7-11,13-14H2. The Balaban J connectivity index is 1.24. The Hall–Kier alpha value is -1.22. The van der Waals surface area contributed by atoms with E-state index in [0.717, 1.165) is 41.5 Å². The largest absolute Gasteiger partial charge is 0.489 e. The first-order valence-electron chi connectivity index (χ1n) is 10.5. The maximum Gasteiger partial charge on any atom is 0.124 e. The lowest BCUT2D eigenvalue weighted by Gasteiger charge is -2.54. The van der Waals surface area contributed by atoms with Crippen LogP contribution in [-0.2, 0) is 13.2 Å². The Morgan fingerprint density at radius 1 is 0.857 bits per heavy atom. The van der Waals surface area contributed by atoms with Gasteiger partial charge in [-0.05, 0) is 74.0 Å². The molecule has 0 atom stereocenters. The van der Waals surface area contributed by atoms with Gasteiger partial charge in [0.05, 0.1) is 0 Å². The molecule has 1 N–H and O–H groups in total. The van der Waals surface area contributed by atoms with E-state index in [4.69, 9.17) is 27.9 Å². The first-order valence-corrected chi connectivity index (χ1v) is 11.3. The Morgan fingerprint density at radius 2 is 1.57 bits per heavy atom. The van der Waals surface area contributed by atoms with Gasteiger partial charge in [-0.25, -0.2) is 0 Å². The highest BCUT2D eigenvalue weighted by atomic mass is 35.5. The van der Waals surface area contributed by atoms with Crippen molar-refractivity contribution < 1.29 is 4.74 Å². The maximum absolute atomic E-state index is 6.29. The molecule has 2 aromatic carbocycles. The van der Waals surface area contributed by atoms with Crippen LogP contribution in [-0.4, -0.2) is 6.04 Å². The fourth-order valence-electron chi connectivity index (χ4n) is 6.07. The average molecular weight is 416 g/mol. The summed E-state index contributed by atoms with van der Waals surface area (Å²) in [6, 6.07) is 14.6. The molecule has 4 fully saturated rings. The highest BCUT2D eigenvalue weighted by molar-refractivity contribution is 6.35. The zero-order valence-corrected chi connectivity index (χ0v) is 17.6. The van der Waals surface area contributed by atoms with Crippen molar-refractivity contribution in [2.45, 2.75) is 51.3 Å².